The van der Waals surface area contributed by atoms with Gasteiger partial charge in [0.25, 0.3) is 0 Å². The van der Waals surface area contributed by atoms with Crippen LogP contribution in [0.5, 0.6) is 0 Å². The molecule has 0 aliphatic heterocycles. The number of amides is 4. The van der Waals surface area contributed by atoms with Crippen molar-refractivity contribution in [3.8, 4) is 0 Å². The van der Waals surface area contributed by atoms with Crippen LogP contribution in [0.1, 0.15) is 156 Å². The van der Waals surface area contributed by atoms with Gasteiger partial charge in [-0.15, -0.1) is 13.2 Å². The zero-order chi connectivity index (χ0) is 45.2. The zero-order valence-electron chi connectivity index (χ0n) is 37.7. The minimum Gasteiger partial charge on any atom is -0.460 e. The Kier molecular flexibility index (Phi) is 17.6. The molecule has 60 heavy (non-hydrogen) atoms. The van der Waals surface area contributed by atoms with Crippen molar-refractivity contribution in [3.05, 3.63) is 60.7 Å². The number of ether oxygens (including phenoxy) is 1. The largest absolute Gasteiger partial charge is 0.460 e. The van der Waals surface area contributed by atoms with Gasteiger partial charge >= 0.3 is 13.6 Å². The summed E-state index contributed by atoms with van der Waals surface area (Å²) in [6, 6.07) is 5.88. The van der Waals surface area contributed by atoms with Crippen molar-refractivity contribution < 1.29 is 42.3 Å². The maximum Gasteiger partial charge on any atom is 0.336 e. The van der Waals surface area contributed by atoms with Crippen molar-refractivity contribution in [3.63, 3.8) is 0 Å². The molecular weight excluding hydrogens is 783 g/mol. The Morgan fingerprint density at radius 3 is 1.83 bits per heavy atom. The maximum atomic E-state index is 14.7. The molecule has 1 aromatic rings. The van der Waals surface area contributed by atoms with Crippen LogP contribution in [0.4, 0.5) is 0 Å². The van der Waals surface area contributed by atoms with Crippen molar-refractivity contribution in [2.75, 3.05) is 6.54 Å². The van der Waals surface area contributed by atoms with E-state index in [1.807, 2.05) is 47.6 Å². The molecule has 0 unspecified atom stereocenters. The fourth-order valence-electron chi connectivity index (χ4n) is 8.35. The number of carbonyl (C=O) groups is 5. The highest BCUT2D eigenvalue weighted by Gasteiger charge is 2.45. The molecule has 0 bridgehead atoms. The van der Waals surface area contributed by atoms with E-state index in [-0.39, 0.29) is 30.8 Å². The molecule has 2 aliphatic rings. The fourth-order valence-corrected chi connectivity index (χ4v) is 10.8. The second-order valence-electron chi connectivity index (χ2n) is 19.8. The third kappa shape index (κ3) is 15.9. The van der Waals surface area contributed by atoms with Gasteiger partial charge in [0, 0.05) is 12.5 Å². The third-order valence-corrected chi connectivity index (χ3v) is 13.2. The molecule has 5 N–H and O–H groups in total. The lowest BCUT2D eigenvalue weighted by molar-refractivity contribution is -0.157. The van der Waals surface area contributed by atoms with Gasteiger partial charge in [0.1, 0.15) is 17.2 Å². The highest BCUT2D eigenvalue weighted by Crippen LogP contribution is 2.57. The van der Waals surface area contributed by atoms with Gasteiger partial charge in [-0.3, -0.25) is 28.5 Å². The molecule has 0 saturated heterocycles. The number of carbonyl (C=O) groups excluding carboxylic acids is 5. The molecular formula is C46H73N4O9P. The molecule has 14 heteroatoms. The van der Waals surface area contributed by atoms with Crippen LogP contribution in [0.3, 0.4) is 0 Å². The first kappa shape index (κ1) is 50.6. The molecule has 1 aromatic carbocycles. The van der Waals surface area contributed by atoms with Crippen molar-refractivity contribution in [2.45, 2.75) is 180 Å². The Labute approximate surface area is 358 Å². The number of esters is 1. The lowest BCUT2D eigenvalue weighted by atomic mass is 9.78. The van der Waals surface area contributed by atoms with Crippen LogP contribution in [-0.4, -0.2) is 64.5 Å². The number of benzene rings is 1. The van der Waals surface area contributed by atoms with Crippen LogP contribution >= 0.6 is 7.60 Å². The molecule has 4 amide bonds. The van der Waals surface area contributed by atoms with Crippen LogP contribution in [0, 0.1) is 11.3 Å². The van der Waals surface area contributed by atoms with Gasteiger partial charge in [0.05, 0.1) is 36.1 Å². The second-order valence-corrected chi connectivity index (χ2v) is 21.7. The highest BCUT2D eigenvalue weighted by atomic mass is 31.2. The van der Waals surface area contributed by atoms with Crippen molar-refractivity contribution in [1.82, 2.24) is 16.0 Å². The van der Waals surface area contributed by atoms with Crippen LogP contribution in [-0.2, 0) is 48.5 Å². The average molecular weight is 857 g/mol. The number of hydrogen-bond acceptors (Lipinski definition) is 9. The minimum atomic E-state index is -3.62. The van der Waals surface area contributed by atoms with Gasteiger partial charge in [-0.2, -0.15) is 0 Å². The van der Waals surface area contributed by atoms with Crippen molar-refractivity contribution in [1.29, 1.82) is 0 Å². The molecule has 2 fully saturated rings. The number of rotatable bonds is 20. The van der Waals surface area contributed by atoms with Crippen LogP contribution in [0.25, 0.3) is 0 Å². The Balaban J connectivity index is 1.95. The molecule has 2 saturated carbocycles. The fraction of sp³-hybridized carbons (Fsp3) is 0.674. The van der Waals surface area contributed by atoms with E-state index in [1.165, 1.54) is 0 Å². The Bertz CT molecular complexity index is 1710. The van der Waals surface area contributed by atoms with Gasteiger partial charge in [0.15, 0.2) is 0 Å². The summed E-state index contributed by atoms with van der Waals surface area (Å²) in [6.45, 7) is 24.4. The lowest BCUT2D eigenvalue weighted by Gasteiger charge is -2.39. The SMILES string of the molecule is C=CCC1(CNC(=O)[C@H](CC(N)=O)NC(=O)C2(NC(=O)[C@@H](CC(=O)OC(C)(C)C)[C@H](C=C)c3ccc(CP(=O)(OC(C)(C)C)OC(C)(C)C)cc3)CCCCC2)CCCC1. The summed E-state index contributed by atoms with van der Waals surface area (Å²) >= 11 is 0. The van der Waals surface area contributed by atoms with E-state index in [9.17, 15) is 28.5 Å². The van der Waals surface area contributed by atoms with Gasteiger partial charge < -0.3 is 35.5 Å². The Morgan fingerprint density at radius 1 is 0.800 bits per heavy atom. The number of allylic oxidation sites excluding steroid dienone is 2. The smallest absolute Gasteiger partial charge is 0.336 e. The van der Waals surface area contributed by atoms with E-state index in [1.54, 1.807) is 51.1 Å². The summed E-state index contributed by atoms with van der Waals surface area (Å²) < 4.78 is 31.7. The maximum absolute atomic E-state index is 14.7. The van der Waals surface area contributed by atoms with E-state index < -0.39 is 83.8 Å². The first-order valence-corrected chi connectivity index (χ1v) is 23.2. The van der Waals surface area contributed by atoms with E-state index in [4.69, 9.17) is 19.5 Å². The predicted molar refractivity (Wildman–Crippen MR) is 235 cm³/mol. The van der Waals surface area contributed by atoms with Crippen LogP contribution in [0.15, 0.2) is 49.6 Å². The van der Waals surface area contributed by atoms with Gasteiger partial charge in [0.2, 0.25) is 23.6 Å². The summed E-state index contributed by atoms with van der Waals surface area (Å²) in [7, 11) is -3.62. The van der Waals surface area contributed by atoms with Crippen molar-refractivity contribution >= 4 is 37.2 Å². The molecule has 2 aliphatic carbocycles. The van der Waals surface area contributed by atoms with E-state index in [2.05, 4.69) is 29.1 Å². The molecule has 336 valence electrons. The summed E-state index contributed by atoms with van der Waals surface area (Å²) in [5, 5.41) is 8.78. The van der Waals surface area contributed by atoms with E-state index in [0.29, 0.717) is 30.5 Å². The molecule has 3 rings (SSSR count). The summed E-state index contributed by atoms with van der Waals surface area (Å²) in [6.07, 6.45) is 10.0. The summed E-state index contributed by atoms with van der Waals surface area (Å²) in [5.41, 5.74) is 3.04. The third-order valence-electron chi connectivity index (χ3n) is 10.8. The highest BCUT2D eigenvalue weighted by molar-refractivity contribution is 7.53. The molecule has 0 aromatic heterocycles. The van der Waals surface area contributed by atoms with Gasteiger partial charge in [-0.25, -0.2) is 0 Å². The molecule has 3 atom stereocenters. The Hall–Kier alpha value is -3.80. The van der Waals surface area contributed by atoms with E-state index in [0.717, 1.165) is 38.5 Å². The topological polar surface area (TPSA) is 192 Å². The molecule has 0 heterocycles. The summed E-state index contributed by atoms with van der Waals surface area (Å²) in [5.74, 6) is -4.85. The minimum absolute atomic E-state index is 0.00446. The molecule has 0 spiro atoms. The number of nitrogens with one attached hydrogen (secondary N) is 3. The zero-order valence-corrected chi connectivity index (χ0v) is 38.6. The van der Waals surface area contributed by atoms with E-state index >= 15 is 0 Å². The second kappa shape index (κ2) is 20.8. The normalized spacial score (nSPS) is 18.3. The summed E-state index contributed by atoms with van der Waals surface area (Å²) in [4.78, 5) is 68.4. The number of nitrogens with two attached hydrogens (primary N) is 1. The van der Waals surface area contributed by atoms with Crippen molar-refractivity contribution in [2.24, 2.45) is 17.1 Å². The van der Waals surface area contributed by atoms with Gasteiger partial charge in [-0.05, 0) is 111 Å². The molecule has 13 nitrogen and oxygen atoms in total. The van der Waals surface area contributed by atoms with Crippen LogP contribution < -0.4 is 21.7 Å². The number of primary amides is 1. The quantitative estimate of drug-likeness (QED) is 0.0571. The first-order chi connectivity index (χ1) is 27.7. The van der Waals surface area contributed by atoms with Crippen LogP contribution in [0.2, 0.25) is 0 Å². The molecule has 0 radical (unpaired) electrons. The first-order valence-electron chi connectivity index (χ1n) is 21.5. The standard InChI is InChI=1S/C46H73N4O9P/c1-12-23-45(24-17-18-25-45)31-48-40(54)36(29-37(47)51)49-41(55)46(26-15-14-16-27-46)50-39(53)35(28-38(52)57-42(3,4)5)34(13-2)33-21-19-32(20-22-33)30-60(56,58-43(6,7)8)59-44(9,10)11/h12-13,19-22,34-36H,1-2,14-18,23-31H2,3-11H3,(H2,47,51)(H,48,54)(H,49,55)(H,50,53)/t34-,35+,36+/m1/s1. The average Bonchev–Trinajstić information content (AvgIpc) is 3.57. The Morgan fingerprint density at radius 2 is 1.35 bits per heavy atom. The van der Waals surface area contributed by atoms with Gasteiger partial charge in [-0.1, -0.05) is 68.5 Å². The lowest BCUT2D eigenvalue weighted by Crippen LogP contribution is -2.64. The predicted octanol–water partition coefficient (Wildman–Crippen LogP) is 8.06. The monoisotopic (exact) mass is 857 g/mol. The number of hydrogen-bond donors (Lipinski definition) is 4.